The van der Waals surface area contributed by atoms with Crippen LogP contribution in [-0.2, 0) is 17.7 Å². The molecule has 1 aliphatic heterocycles. The smallest absolute Gasteiger partial charge is 0.107 e. The summed E-state index contributed by atoms with van der Waals surface area (Å²) in [5.41, 5.74) is 1.40. The number of hydrogen-bond donors (Lipinski definition) is 0. The summed E-state index contributed by atoms with van der Waals surface area (Å²) in [7, 11) is 0. The number of nitrogens with zero attached hydrogens (tertiary/aromatic N) is 2. The molecule has 0 radical (unpaired) electrons. The van der Waals surface area contributed by atoms with Crippen LogP contribution in [0.1, 0.15) is 17.0 Å². The van der Waals surface area contributed by atoms with E-state index in [4.69, 9.17) is 4.74 Å². The summed E-state index contributed by atoms with van der Waals surface area (Å²) in [5.74, 6) is 0. The second-order valence-corrected chi connectivity index (χ2v) is 6.16. The topological polar surface area (TPSA) is 25.4 Å². The third kappa shape index (κ3) is 3.88. The van der Waals surface area contributed by atoms with Crippen molar-refractivity contribution in [1.29, 1.82) is 0 Å². The molecule has 3 nitrogen and oxygen atoms in total. The Morgan fingerprint density at radius 2 is 2.20 bits per heavy atom. The van der Waals surface area contributed by atoms with E-state index in [9.17, 15) is 0 Å². The van der Waals surface area contributed by atoms with Gasteiger partial charge in [-0.3, -0.25) is 4.90 Å². The van der Waals surface area contributed by atoms with Crippen LogP contribution in [0.3, 0.4) is 0 Å². The summed E-state index contributed by atoms with van der Waals surface area (Å²) < 4.78 is 5.89. The maximum absolute atomic E-state index is 5.89. The minimum absolute atomic E-state index is 0.351. The zero-order chi connectivity index (χ0) is 13.6. The lowest BCUT2D eigenvalue weighted by Crippen LogP contribution is -2.42. The summed E-state index contributed by atoms with van der Waals surface area (Å²) in [5, 5.41) is 3.25. The van der Waals surface area contributed by atoms with E-state index in [0.717, 1.165) is 39.1 Å². The molecular weight excluding hydrogens is 268 g/mol. The quantitative estimate of drug-likeness (QED) is 0.846. The lowest BCUT2D eigenvalue weighted by atomic mass is 10.1. The Labute approximate surface area is 124 Å². The van der Waals surface area contributed by atoms with Crippen molar-refractivity contribution in [3.05, 3.63) is 52.5 Å². The summed E-state index contributed by atoms with van der Waals surface area (Å²) in [6, 6.07) is 10.7. The molecule has 0 aliphatic carbocycles. The minimum Gasteiger partial charge on any atom is -0.376 e. The molecule has 1 aliphatic rings. The molecule has 1 aromatic heterocycles. The van der Waals surface area contributed by atoms with Gasteiger partial charge in [-0.25, -0.2) is 4.98 Å². The SMILES string of the molecule is c1ccc(CC[C@@H]2CN(Cc3nccs3)CCO2)cc1. The number of thiazole rings is 1. The van der Waals surface area contributed by atoms with E-state index >= 15 is 0 Å². The molecule has 0 N–H and O–H groups in total. The highest BCUT2D eigenvalue weighted by molar-refractivity contribution is 7.09. The Balaban J connectivity index is 1.48. The van der Waals surface area contributed by atoms with Crippen LogP contribution in [0.5, 0.6) is 0 Å². The number of aryl methyl sites for hydroxylation is 1. The minimum atomic E-state index is 0.351. The van der Waals surface area contributed by atoms with Crippen molar-refractivity contribution in [2.75, 3.05) is 19.7 Å². The average molecular weight is 288 g/mol. The van der Waals surface area contributed by atoms with Crippen LogP contribution in [0, 0.1) is 0 Å². The van der Waals surface area contributed by atoms with Gasteiger partial charge in [0.05, 0.1) is 19.3 Å². The molecule has 0 unspecified atom stereocenters. The highest BCUT2D eigenvalue weighted by Gasteiger charge is 2.20. The standard InChI is InChI=1S/C16H20N2OS/c1-2-4-14(5-3-1)6-7-15-12-18(9-10-19-15)13-16-17-8-11-20-16/h1-5,8,11,15H,6-7,9-10,12-13H2/t15-/m1/s1. The number of ether oxygens (including phenoxy) is 1. The average Bonchev–Trinajstić information content (AvgIpc) is 3.00. The highest BCUT2D eigenvalue weighted by Crippen LogP contribution is 2.15. The molecule has 0 bridgehead atoms. The van der Waals surface area contributed by atoms with Gasteiger partial charge in [0.2, 0.25) is 0 Å². The third-order valence-corrected chi connectivity index (χ3v) is 4.43. The van der Waals surface area contributed by atoms with Gasteiger partial charge in [-0.05, 0) is 18.4 Å². The van der Waals surface area contributed by atoms with Crippen LogP contribution in [-0.4, -0.2) is 35.7 Å². The van der Waals surface area contributed by atoms with E-state index in [0.29, 0.717) is 6.10 Å². The largest absolute Gasteiger partial charge is 0.376 e. The fourth-order valence-electron chi connectivity index (χ4n) is 2.59. The number of aromatic nitrogens is 1. The van der Waals surface area contributed by atoms with Crippen LogP contribution in [0.4, 0.5) is 0 Å². The molecule has 1 saturated heterocycles. The molecule has 1 fully saturated rings. The first kappa shape index (κ1) is 13.7. The monoisotopic (exact) mass is 288 g/mol. The third-order valence-electron chi connectivity index (χ3n) is 3.66. The highest BCUT2D eigenvalue weighted by atomic mass is 32.1. The van der Waals surface area contributed by atoms with Crippen LogP contribution in [0.2, 0.25) is 0 Å². The lowest BCUT2D eigenvalue weighted by molar-refractivity contribution is -0.0345. The van der Waals surface area contributed by atoms with E-state index < -0.39 is 0 Å². The Hall–Kier alpha value is -1.23. The van der Waals surface area contributed by atoms with Crippen LogP contribution in [0.15, 0.2) is 41.9 Å². The molecule has 0 spiro atoms. The summed E-state index contributed by atoms with van der Waals surface area (Å²) in [6.45, 7) is 3.83. The van der Waals surface area contributed by atoms with Gasteiger partial charge < -0.3 is 4.74 Å². The van der Waals surface area contributed by atoms with Crippen LogP contribution >= 0.6 is 11.3 Å². The van der Waals surface area contributed by atoms with Crippen molar-refractivity contribution in [2.45, 2.75) is 25.5 Å². The van der Waals surface area contributed by atoms with Gasteiger partial charge in [0.1, 0.15) is 5.01 Å². The van der Waals surface area contributed by atoms with Crippen molar-refractivity contribution < 1.29 is 4.74 Å². The van der Waals surface area contributed by atoms with Crippen molar-refractivity contribution in [3.8, 4) is 0 Å². The second kappa shape index (κ2) is 6.97. The van der Waals surface area contributed by atoms with Gasteiger partial charge >= 0.3 is 0 Å². The van der Waals surface area contributed by atoms with Gasteiger partial charge in [0, 0.05) is 24.7 Å². The van der Waals surface area contributed by atoms with Crippen molar-refractivity contribution in [1.82, 2.24) is 9.88 Å². The molecule has 3 rings (SSSR count). The molecule has 0 saturated carbocycles. The number of hydrogen-bond acceptors (Lipinski definition) is 4. The van der Waals surface area contributed by atoms with E-state index in [2.05, 4.69) is 40.2 Å². The summed E-state index contributed by atoms with van der Waals surface area (Å²) >= 11 is 1.73. The van der Waals surface area contributed by atoms with E-state index in [1.807, 2.05) is 11.6 Å². The van der Waals surface area contributed by atoms with E-state index in [1.165, 1.54) is 10.6 Å². The molecule has 2 aromatic rings. The second-order valence-electron chi connectivity index (χ2n) is 5.18. The van der Waals surface area contributed by atoms with Gasteiger partial charge in [-0.1, -0.05) is 30.3 Å². The van der Waals surface area contributed by atoms with Crippen molar-refractivity contribution in [3.63, 3.8) is 0 Å². The Kier molecular flexibility index (Phi) is 4.79. The molecule has 1 atom stereocenters. The fourth-order valence-corrected chi connectivity index (χ4v) is 3.25. The lowest BCUT2D eigenvalue weighted by Gasteiger charge is -2.32. The Bertz CT molecular complexity index is 500. The summed E-state index contributed by atoms with van der Waals surface area (Å²) in [6.07, 6.45) is 4.42. The molecule has 20 heavy (non-hydrogen) atoms. The molecule has 2 heterocycles. The predicted octanol–water partition coefficient (Wildman–Crippen LogP) is 2.98. The zero-order valence-corrected chi connectivity index (χ0v) is 12.4. The molecule has 1 aromatic carbocycles. The number of benzene rings is 1. The van der Waals surface area contributed by atoms with Gasteiger partial charge in [-0.15, -0.1) is 11.3 Å². The molecule has 0 amide bonds. The Morgan fingerprint density at radius 3 is 3.00 bits per heavy atom. The van der Waals surface area contributed by atoms with E-state index in [-0.39, 0.29) is 0 Å². The number of morpholine rings is 1. The van der Waals surface area contributed by atoms with Gasteiger partial charge in [-0.2, -0.15) is 0 Å². The first-order chi connectivity index (χ1) is 9.90. The Morgan fingerprint density at radius 1 is 1.30 bits per heavy atom. The predicted molar refractivity (Wildman–Crippen MR) is 81.9 cm³/mol. The van der Waals surface area contributed by atoms with E-state index in [1.54, 1.807) is 11.3 Å². The number of rotatable bonds is 5. The van der Waals surface area contributed by atoms with Crippen LogP contribution < -0.4 is 0 Å². The summed E-state index contributed by atoms with van der Waals surface area (Å²) in [4.78, 5) is 6.82. The first-order valence-corrected chi connectivity index (χ1v) is 8.04. The zero-order valence-electron chi connectivity index (χ0n) is 11.6. The maximum Gasteiger partial charge on any atom is 0.107 e. The van der Waals surface area contributed by atoms with Gasteiger partial charge in [0.25, 0.3) is 0 Å². The normalized spacial score (nSPS) is 20.1. The van der Waals surface area contributed by atoms with Crippen molar-refractivity contribution in [2.24, 2.45) is 0 Å². The molecular formula is C16H20N2OS. The first-order valence-electron chi connectivity index (χ1n) is 7.16. The molecule has 4 heteroatoms. The fraction of sp³-hybridized carbons (Fsp3) is 0.438. The molecule has 106 valence electrons. The van der Waals surface area contributed by atoms with Gasteiger partial charge in [0.15, 0.2) is 0 Å². The van der Waals surface area contributed by atoms with Crippen LogP contribution in [0.25, 0.3) is 0 Å². The van der Waals surface area contributed by atoms with Crippen molar-refractivity contribution >= 4 is 11.3 Å². The maximum atomic E-state index is 5.89.